The molecule has 0 radical (unpaired) electrons. The lowest BCUT2D eigenvalue weighted by atomic mass is 9.83. The first-order valence-electron chi connectivity index (χ1n) is 8.07. The van der Waals surface area contributed by atoms with E-state index >= 15 is 0 Å². The predicted octanol–water partition coefficient (Wildman–Crippen LogP) is 6.73. The predicted molar refractivity (Wildman–Crippen MR) is 92.0 cm³/mol. The van der Waals surface area contributed by atoms with Crippen molar-refractivity contribution >= 4 is 11.6 Å². The molecule has 0 amide bonds. The molecule has 2 atom stereocenters. The fraction of sp³-hybridized carbons (Fsp3) is 0.684. The van der Waals surface area contributed by atoms with Gasteiger partial charge in [0.05, 0.1) is 5.38 Å². The van der Waals surface area contributed by atoms with Crippen LogP contribution >= 0.6 is 11.6 Å². The highest BCUT2D eigenvalue weighted by molar-refractivity contribution is 6.21. The molecule has 1 aromatic rings. The van der Waals surface area contributed by atoms with E-state index in [1.807, 2.05) is 0 Å². The monoisotopic (exact) mass is 294 g/mol. The molecule has 0 aliphatic heterocycles. The number of halogens is 1. The fourth-order valence-corrected chi connectivity index (χ4v) is 3.83. The zero-order chi connectivity index (χ0) is 15.4. The molecule has 0 nitrogen and oxygen atoms in total. The Labute approximate surface area is 130 Å². The topological polar surface area (TPSA) is 0 Å². The average molecular weight is 295 g/mol. The van der Waals surface area contributed by atoms with Gasteiger partial charge in [0.25, 0.3) is 0 Å². The van der Waals surface area contributed by atoms with Crippen LogP contribution in [0.15, 0.2) is 0 Å². The van der Waals surface area contributed by atoms with Gasteiger partial charge in [-0.05, 0) is 80.3 Å². The first-order chi connectivity index (χ1) is 9.36. The van der Waals surface area contributed by atoms with Crippen molar-refractivity contribution in [1.29, 1.82) is 0 Å². The van der Waals surface area contributed by atoms with E-state index in [1.165, 1.54) is 59.1 Å². The molecular formula is C19H31Cl. The Hall–Kier alpha value is -0.490. The standard InChI is InChI=1S/C19H31Cl/c1-8-10-11-17(9-2)19(20)18-15(6)13(4)12(3)14(5)16(18)7/h17,19H,8-11H2,1-7H3. The van der Waals surface area contributed by atoms with Crippen molar-refractivity contribution in [2.45, 2.75) is 79.5 Å². The largest absolute Gasteiger partial charge is 0.118 e. The molecule has 2 unspecified atom stereocenters. The molecule has 0 fully saturated rings. The minimum Gasteiger partial charge on any atom is -0.118 e. The molecule has 0 heterocycles. The zero-order valence-corrected chi connectivity index (χ0v) is 15.1. The number of hydrogen-bond acceptors (Lipinski definition) is 0. The van der Waals surface area contributed by atoms with Gasteiger partial charge in [0.2, 0.25) is 0 Å². The van der Waals surface area contributed by atoms with Crippen LogP contribution in [0.4, 0.5) is 0 Å². The Morgan fingerprint density at radius 1 is 0.800 bits per heavy atom. The van der Waals surface area contributed by atoms with Crippen LogP contribution < -0.4 is 0 Å². The third kappa shape index (κ3) is 3.39. The highest BCUT2D eigenvalue weighted by Gasteiger charge is 2.24. The number of unbranched alkanes of at least 4 members (excludes halogenated alkanes) is 1. The minimum absolute atomic E-state index is 0.157. The van der Waals surface area contributed by atoms with Crippen molar-refractivity contribution in [1.82, 2.24) is 0 Å². The van der Waals surface area contributed by atoms with Crippen LogP contribution in [-0.2, 0) is 0 Å². The van der Waals surface area contributed by atoms with Gasteiger partial charge in [-0.1, -0.05) is 33.1 Å². The third-order valence-corrected chi connectivity index (χ3v) is 5.78. The molecule has 1 aromatic carbocycles. The van der Waals surface area contributed by atoms with E-state index in [4.69, 9.17) is 11.6 Å². The van der Waals surface area contributed by atoms with Crippen molar-refractivity contribution in [3.05, 3.63) is 33.4 Å². The second-order valence-corrected chi connectivity index (χ2v) is 6.72. The molecule has 0 bridgehead atoms. The molecule has 0 spiro atoms. The van der Waals surface area contributed by atoms with Gasteiger partial charge in [0.15, 0.2) is 0 Å². The SMILES string of the molecule is CCCCC(CC)C(Cl)c1c(C)c(C)c(C)c(C)c1C. The number of hydrogen-bond donors (Lipinski definition) is 0. The molecule has 1 heteroatoms. The lowest BCUT2D eigenvalue weighted by Gasteiger charge is -2.27. The summed E-state index contributed by atoms with van der Waals surface area (Å²) in [6.45, 7) is 15.7. The Morgan fingerprint density at radius 3 is 1.65 bits per heavy atom. The summed E-state index contributed by atoms with van der Waals surface area (Å²) in [5.41, 5.74) is 8.46. The van der Waals surface area contributed by atoms with Gasteiger partial charge in [-0.25, -0.2) is 0 Å². The second-order valence-electron chi connectivity index (χ2n) is 6.25. The maximum atomic E-state index is 6.91. The molecule has 1 rings (SSSR count). The average Bonchev–Trinajstić information content (AvgIpc) is 2.44. The molecule has 0 saturated heterocycles. The van der Waals surface area contributed by atoms with Crippen molar-refractivity contribution in [3.63, 3.8) is 0 Å². The van der Waals surface area contributed by atoms with Crippen molar-refractivity contribution in [3.8, 4) is 0 Å². The fourth-order valence-electron chi connectivity index (χ4n) is 3.20. The van der Waals surface area contributed by atoms with E-state index in [2.05, 4.69) is 48.5 Å². The van der Waals surface area contributed by atoms with Crippen molar-refractivity contribution in [2.75, 3.05) is 0 Å². The summed E-state index contributed by atoms with van der Waals surface area (Å²) in [7, 11) is 0. The van der Waals surface area contributed by atoms with E-state index in [0.29, 0.717) is 5.92 Å². The Balaban J connectivity index is 3.24. The van der Waals surface area contributed by atoms with Crippen LogP contribution in [0.5, 0.6) is 0 Å². The molecule has 20 heavy (non-hydrogen) atoms. The van der Waals surface area contributed by atoms with Crippen LogP contribution in [0.2, 0.25) is 0 Å². The van der Waals surface area contributed by atoms with Crippen LogP contribution in [0, 0.1) is 40.5 Å². The summed E-state index contributed by atoms with van der Waals surface area (Å²) >= 11 is 6.91. The molecule has 0 aliphatic carbocycles. The first-order valence-corrected chi connectivity index (χ1v) is 8.51. The van der Waals surface area contributed by atoms with Crippen LogP contribution in [-0.4, -0.2) is 0 Å². The van der Waals surface area contributed by atoms with Crippen LogP contribution in [0.3, 0.4) is 0 Å². The smallest absolute Gasteiger partial charge is 0.0618 e. The Morgan fingerprint density at radius 2 is 1.25 bits per heavy atom. The lowest BCUT2D eigenvalue weighted by Crippen LogP contribution is -2.12. The van der Waals surface area contributed by atoms with E-state index in [9.17, 15) is 0 Å². The van der Waals surface area contributed by atoms with Crippen LogP contribution in [0.1, 0.15) is 78.3 Å². The summed E-state index contributed by atoms with van der Waals surface area (Å²) in [6.07, 6.45) is 4.94. The molecule has 0 aliphatic rings. The summed E-state index contributed by atoms with van der Waals surface area (Å²) in [5, 5.41) is 0.157. The summed E-state index contributed by atoms with van der Waals surface area (Å²) < 4.78 is 0. The quantitative estimate of drug-likeness (QED) is 0.511. The molecular weight excluding hydrogens is 264 g/mol. The Bertz CT molecular complexity index is 430. The molecule has 114 valence electrons. The first kappa shape index (κ1) is 17.6. The van der Waals surface area contributed by atoms with Gasteiger partial charge in [-0.15, -0.1) is 11.6 Å². The van der Waals surface area contributed by atoms with E-state index in [0.717, 1.165) is 0 Å². The molecule has 0 aromatic heterocycles. The van der Waals surface area contributed by atoms with E-state index in [1.54, 1.807) is 0 Å². The van der Waals surface area contributed by atoms with E-state index < -0.39 is 0 Å². The van der Waals surface area contributed by atoms with E-state index in [-0.39, 0.29) is 5.38 Å². The van der Waals surface area contributed by atoms with Crippen molar-refractivity contribution in [2.24, 2.45) is 5.92 Å². The molecule has 0 N–H and O–H groups in total. The number of alkyl halides is 1. The van der Waals surface area contributed by atoms with Gasteiger partial charge in [-0.3, -0.25) is 0 Å². The van der Waals surface area contributed by atoms with Gasteiger partial charge in [0, 0.05) is 0 Å². The highest BCUT2D eigenvalue weighted by atomic mass is 35.5. The summed E-state index contributed by atoms with van der Waals surface area (Å²) in [5.74, 6) is 0.593. The van der Waals surface area contributed by atoms with Gasteiger partial charge >= 0.3 is 0 Å². The summed E-state index contributed by atoms with van der Waals surface area (Å²) in [6, 6.07) is 0. The maximum Gasteiger partial charge on any atom is 0.0618 e. The maximum absolute atomic E-state index is 6.91. The second kappa shape index (κ2) is 7.50. The van der Waals surface area contributed by atoms with Gasteiger partial charge in [-0.2, -0.15) is 0 Å². The number of benzene rings is 1. The Kier molecular flexibility index (Phi) is 6.58. The third-order valence-electron chi connectivity index (χ3n) is 5.20. The lowest BCUT2D eigenvalue weighted by molar-refractivity contribution is 0.435. The minimum atomic E-state index is 0.157. The van der Waals surface area contributed by atoms with Crippen LogP contribution in [0.25, 0.3) is 0 Å². The summed E-state index contributed by atoms with van der Waals surface area (Å²) in [4.78, 5) is 0. The normalized spacial score (nSPS) is 14.4. The molecule has 0 saturated carbocycles. The zero-order valence-electron chi connectivity index (χ0n) is 14.4. The van der Waals surface area contributed by atoms with Gasteiger partial charge < -0.3 is 0 Å². The van der Waals surface area contributed by atoms with Crippen molar-refractivity contribution < 1.29 is 0 Å². The van der Waals surface area contributed by atoms with Gasteiger partial charge in [0.1, 0.15) is 0 Å². The number of rotatable bonds is 6. The highest BCUT2D eigenvalue weighted by Crippen LogP contribution is 2.40.